The van der Waals surface area contributed by atoms with Crippen molar-refractivity contribution in [3.8, 4) is 0 Å². The highest BCUT2D eigenvalue weighted by Crippen LogP contribution is 2.51. The third-order valence-electron chi connectivity index (χ3n) is 6.11. The molecule has 0 N–H and O–H groups in total. The Balaban J connectivity index is 1.90. The van der Waals surface area contributed by atoms with Crippen LogP contribution < -0.4 is 0 Å². The molecule has 1 aromatic carbocycles. The number of benzene rings is 1. The van der Waals surface area contributed by atoms with Gasteiger partial charge in [0.15, 0.2) is 5.78 Å². The van der Waals surface area contributed by atoms with E-state index < -0.39 is 9.84 Å². The van der Waals surface area contributed by atoms with Crippen molar-refractivity contribution in [2.45, 2.75) is 31.8 Å². The number of methoxy groups -OCH3 is 1. The number of hydrogen-bond donors (Lipinski definition) is 0. The molecule has 5 nitrogen and oxygen atoms in total. The van der Waals surface area contributed by atoms with Crippen molar-refractivity contribution in [3.05, 3.63) is 35.4 Å². The molecule has 1 aliphatic heterocycles. The molecule has 3 rings (SSSR count). The second kappa shape index (κ2) is 7.41. The number of nitrogens with zero attached hydrogens (tertiary/aromatic N) is 1. The molecule has 0 spiro atoms. The minimum atomic E-state index is -2.96. The second-order valence-corrected chi connectivity index (χ2v) is 10.1. The maximum absolute atomic E-state index is 11.8. The zero-order valence-electron chi connectivity index (χ0n) is 15.9. The number of piperidine rings is 1. The summed E-state index contributed by atoms with van der Waals surface area (Å²) in [5.74, 6) is 0.879. The van der Waals surface area contributed by atoms with Crippen LogP contribution in [0.5, 0.6) is 0 Å². The molecule has 0 radical (unpaired) electrons. The van der Waals surface area contributed by atoms with E-state index in [1.54, 1.807) is 14.0 Å². The molecule has 2 unspecified atom stereocenters. The minimum Gasteiger partial charge on any atom is -0.373 e. The maximum atomic E-state index is 11.8. The van der Waals surface area contributed by atoms with E-state index in [0.29, 0.717) is 18.4 Å². The molecule has 6 heteroatoms. The van der Waals surface area contributed by atoms with Gasteiger partial charge in [0.2, 0.25) is 0 Å². The minimum absolute atomic E-state index is 0.0638. The Kier molecular flexibility index (Phi) is 5.56. The quantitative estimate of drug-likeness (QED) is 0.711. The SMILES string of the molecule is COC1(c2cccc(C(C)=O)c2)C2CCCC1CN(CCS(C)(=O)=O)C2. The summed E-state index contributed by atoms with van der Waals surface area (Å²) in [4.78, 5) is 14.1. The standard InChI is InChI=1S/C20H29NO4S/c1-15(22)16-6-4-7-17(12-16)20(25-2)18-8-5-9-19(20)14-21(13-18)10-11-26(3,23)24/h4,6-7,12,18-19H,5,8-11,13-14H2,1-3H3. The molecule has 2 fully saturated rings. The zero-order valence-corrected chi connectivity index (χ0v) is 16.7. The summed E-state index contributed by atoms with van der Waals surface area (Å²) >= 11 is 0. The smallest absolute Gasteiger partial charge is 0.159 e. The van der Waals surface area contributed by atoms with E-state index in [-0.39, 0.29) is 17.1 Å². The summed E-state index contributed by atoms with van der Waals surface area (Å²) in [6, 6.07) is 7.86. The molecular weight excluding hydrogens is 350 g/mol. The fourth-order valence-electron chi connectivity index (χ4n) is 4.91. The molecule has 1 aliphatic carbocycles. The number of carbonyl (C=O) groups is 1. The summed E-state index contributed by atoms with van der Waals surface area (Å²) in [5, 5.41) is 0. The fourth-order valence-corrected chi connectivity index (χ4v) is 5.50. The van der Waals surface area contributed by atoms with Crippen LogP contribution >= 0.6 is 0 Å². The van der Waals surface area contributed by atoms with E-state index in [0.717, 1.165) is 37.1 Å². The van der Waals surface area contributed by atoms with Crippen molar-refractivity contribution < 1.29 is 17.9 Å². The molecular formula is C20H29NO4S. The summed E-state index contributed by atoms with van der Waals surface area (Å²) in [6.07, 6.45) is 4.59. The first kappa shape index (κ1) is 19.5. The summed E-state index contributed by atoms with van der Waals surface area (Å²) in [7, 11) is -1.18. The topological polar surface area (TPSA) is 63.7 Å². The van der Waals surface area contributed by atoms with Gasteiger partial charge in [-0.1, -0.05) is 24.6 Å². The lowest BCUT2D eigenvalue weighted by Gasteiger charge is -2.55. The van der Waals surface area contributed by atoms with Crippen LogP contribution in [0.25, 0.3) is 0 Å². The number of fused-ring (bicyclic) bond motifs is 2. The van der Waals surface area contributed by atoms with Gasteiger partial charge in [0.25, 0.3) is 0 Å². The second-order valence-electron chi connectivity index (χ2n) is 7.85. The van der Waals surface area contributed by atoms with Crippen LogP contribution in [0.3, 0.4) is 0 Å². The van der Waals surface area contributed by atoms with Gasteiger partial charge in [0.05, 0.1) is 5.75 Å². The molecule has 144 valence electrons. The number of ether oxygens (including phenoxy) is 1. The summed E-state index contributed by atoms with van der Waals surface area (Å²) < 4.78 is 29.3. The van der Waals surface area contributed by atoms with Crippen molar-refractivity contribution in [2.75, 3.05) is 38.8 Å². The molecule has 26 heavy (non-hydrogen) atoms. The molecule has 2 atom stereocenters. The lowest BCUT2D eigenvalue weighted by Crippen LogP contribution is -2.59. The number of sulfone groups is 1. The Morgan fingerprint density at radius 3 is 2.46 bits per heavy atom. The van der Waals surface area contributed by atoms with Gasteiger partial charge in [-0.05, 0) is 31.4 Å². The maximum Gasteiger partial charge on any atom is 0.159 e. The lowest BCUT2D eigenvalue weighted by molar-refractivity contribution is -0.168. The highest BCUT2D eigenvalue weighted by atomic mass is 32.2. The van der Waals surface area contributed by atoms with Gasteiger partial charge in [-0.2, -0.15) is 0 Å². The predicted octanol–water partition coefficient (Wildman–Crippen LogP) is 2.51. The van der Waals surface area contributed by atoms with Crippen LogP contribution in [-0.2, 0) is 20.2 Å². The van der Waals surface area contributed by atoms with Crippen molar-refractivity contribution in [2.24, 2.45) is 11.8 Å². The van der Waals surface area contributed by atoms with Gasteiger partial charge >= 0.3 is 0 Å². The van der Waals surface area contributed by atoms with Crippen molar-refractivity contribution in [1.29, 1.82) is 0 Å². The van der Waals surface area contributed by atoms with Gasteiger partial charge in [0.1, 0.15) is 15.4 Å². The molecule has 1 saturated carbocycles. The Labute approximate surface area is 156 Å². The third kappa shape index (κ3) is 3.73. The van der Waals surface area contributed by atoms with E-state index in [1.165, 1.54) is 12.7 Å². The number of hydrogen-bond acceptors (Lipinski definition) is 5. The highest BCUT2D eigenvalue weighted by Gasteiger charge is 2.53. The first-order chi connectivity index (χ1) is 12.3. The van der Waals surface area contributed by atoms with E-state index >= 15 is 0 Å². The molecule has 2 aliphatic rings. The van der Waals surface area contributed by atoms with E-state index in [9.17, 15) is 13.2 Å². The van der Waals surface area contributed by atoms with Crippen molar-refractivity contribution in [3.63, 3.8) is 0 Å². The third-order valence-corrected chi connectivity index (χ3v) is 7.04. The molecule has 0 aromatic heterocycles. The van der Waals surface area contributed by atoms with Crippen LogP contribution in [-0.4, -0.2) is 57.9 Å². The average Bonchev–Trinajstić information content (AvgIpc) is 2.58. The molecule has 1 heterocycles. The van der Waals surface area contributed by atoms with E-state index in [2.05, 4.69) is 11.0 Å². The van der Waals surface area contributed by atoms with Crippen LogP contribution in [0.2, 0.25) is 0 Å². The monoisotopic (exact) mass is 379 g/mol. The molecule has 0 amide bonds. The number of Topliss-reactive ketones (excluding diaryl/α,β-unsaturated/α-hetero) is 1. The average molecular weight is 380 g/mol. The Bertz CT molecular complexity index is 760. The highest BCUT2D eigenvalue weighted by molar-refractivity contribution is 7.90. The molecule has 1 saturated heterocycles. The van der Waals surface area contributed by atoms with Crippen molar-refractivity contribution >= 4 is 15.6 Å². The lowest BCUT2D eigenvalue weighted by atomic mass is 9.62. The Morgan fingerprint density at radius 1 is 1.27 bits per heavy atom. The predicted molar refractivity (Wildman–Crippen MR) is 102 cm³/mol. The number of rotatable bonds is 6. The van der Waals surface area contributed by atoms with Crippen molar-refractivity contribution in [1.82, 2.24) is 4.90 Å². The first-order valence-electron chi connectivity index (χ1n) is 9.33. The van der Waals surface area contributed by atoms with Gasteiger partial charge in [-0.25, -0.2) is 8.42 Å². The Hall–Kier alpha value is -1.24. The van der Waals surface area contributed by atoms with Crippen LogP contribution in [0.1, 0.15) is 42.1 Å². The molecule has 2 bridgehead atoms. The summed E-state index contributed by atoms with van der Waals surface area (Å²) in [5.41, 5.74) is 1.42. The van der Waals surface area contributed by atoms with Gasteiger partial charge in [0, 0.05) is 50.4 Å². The number of likely N-dealkylation sites (tertiary alicyclic amines) is 1. The number of carbonyl (C=O) groups excluding carboxylic acids is 1. The van der Waals surface area contributed by atoms with Crippen LogP contribution in [0.15, 0.2) is 24.3 Å². The zero-order chi connectivity index (χ0) is 18.9. The molecule has 1 aromatic rings. The largest absolute Gasteiger partial charge is 0.373 e. The number of ketones is 1. The van der Waals surface area contributed by atoms with Crippen LogP contribution in [0.4, 0.5) is 0 Å². The van der Waals surface area contributed by atoms with Gasteiger partial charge < -0.3 is 9.64 Å². The summed E-state index contributed by atoms with van der Waals surface area (Å²) in [6.45, 7) is 3.85. The van der Waals surface area contributed by atoms with Crippen LogP contribution in [0, 0.1) is 11.8 Å². The fraction of sp³-hybridized carbons (Fsp3) is 0.650. The van der Waals surface area contributed by atoms with E-state index in [1.807, 2.05) is 18.2 Å². The van der Waals surface area contributed by atoms with Gasteiger partial charge in [-0.15, -0.1) is 0 Å². The van der Waals surface area contributed by atoms with E-state index in [4.69, 9.17) is 4.74 Å². The van der Waals surface area contributed by atoms with Gasteiger partial charge in [-0.3, -0.25) is 4.79 Å². The Morgan fingerprint density at radius 2 is 1.92 bits per heavy atom. The first-order valence-corrected chi connectivity index (χ1v) is 11.4. The normalized spacial score (nSPS) is 29.5.